The molecule has 0 saturated heterocycles. The molecule has 2 atom stereocenters. The Morgan fingerprint density at radius 3 is 1.71 bits per heavy atom. The van der Waals surface area contributed by atoms with E-state index in [1.54, 1.807) is 0 Å². The molecule has 5 rings (SSSR count). The van der Waals surface area contributed by atoms with Crippen molar-refractivity contribution >= 4 is 20.4 Å². The first-order chi connectivity index (χ1) is 16.6. The molecule has 190 valence electrons. The lowest BCUT2D eigenvalue weighted by Crippen LogP contribution is -2.58. The summed E-state index contributed by atoms with van der Waals surface area (Å²) in [5, 5.41) is 3.61. The summed E-state index contributed by atoms with van der Waals surface area (Å²) in [6.45, 7) is 2.28. The fourth-order valence-electron chi connectivity index (χ4n) is 8.37. The second-order valence-electron chi connectivity index (χ2n) is 13.0. The Hall–Kier alpha value is -0.400. The summed E-state index contributed by atoms with van der Waals surface area (Å²) in [7, 11) is 4.58. The van der Waals surface area contributed by atoms with Gasteiger partial charge in [-0.15, -0.1) is 0 Å². The van der Waals surface area contributed by atoms with Crippen LogP contribution in [0.3, 0.4) is 0 Å². The molecule has 4 heteroatoms. The molecule has 0 spiro atoms. The largest absolute Gasteiger partial charge is 0.360 e. The highest BCUT2D eigenvalue weighted by Gasteiger charge is 2.51. The molecule has 2 radical (unpaired) electrons. The van der Waals surface area contributed by atoms with Gasteiger partial charge in [-0.3, -0.25) is 4.79 Å². The van der Waals surface area contributed by atoms with Gasteiger partial charge in [0, 0.05) is 5.54 Å². The number of nitrogens with one attached hydrogen (secondary N) is 1. The molecular formula is C30H53B2NO. The van der Waals surface area contributed by atoms with Crippen LogP contribution in [0.15, 0.2) is 0 Å². The molecule has 2 bridgehead atoms. The van der Waals surface area contributed by atoms with Crippen LogP contribution < -0.4 is 5.32 Å². The van der Waals surface area contributed by atoms with E-state index in [1.807, 2.05) is 0 Å². The maximum atomic E-state index is 13.1. The van der Waals surface area contributed by atoms with Gasteiger partial charge in [-0.2, -0.15) is 0 Å². The number of hydrogen-bond acceptors (Lipinski definition) is 1. The van der Waals surface area contributed by atoms with Crippen LogP contribution in [0.25, 0.3) is 0 Å². The van der Waals surface area contributed by atoms with E-state index in [2.05, 4.69) is 26.7 Å². The first-order valence-electron chi connectivity index (χ1n) is 15.6. The minimum absolute atomic E-state index is 0.115. The Balaban J connectivity index is 1.27. The van der Waals surface area contributed by atoms with E-state index in [0.29, 0.717) is 11.2 Å². The van der Waals surface area contributed by atoms with Crippen LogP contribution in [0.4, 0.5) is 4.79 Å². The minimum Gasteiger partial charge on any atom is -0.360 e. The van der Waals surface area contributed by atoms with Gasteiger partial charge in [-0.05, 0) is 62.7 Å². The molecule has 0 aromatic carbocycles. The van der Waals surface area contributed by atoms with Gasteiger partial charge in [0.25, 0.3) is 0 Å². The number of hydrogen-bond donors (Lipinski definition) is 1. The molecule has 0 aromatic heterocycles. The molecule has 2 unspecified atom stereocenters. The van der Waals surface area contributed by atoms with E-state index in [-0.39, 0.29) is 11.3 Å². The van der Waals surface area contributed by atoms with Crippen LogP contribution >= 0.6 is 0 Å². The summed E-state index contributed by atoms with van der Waals surface area (Å²) in [5.74, 6) is 2.57. The fraction of sp³-hybridized carbons (Fsp3) is 0.967. The van der Waals surface area contributed by atoms with Crippen LogP contribution in [0.1, 0.15) is 148 Å². The molecule has 2 nitrogen and oxygen atoms in total. The van der Waals surface area contributed by atoms with Crippen molar-refractivity contribution in [2.45, 2.75) is 172 Å². The van der Waals surface area contributed by atoms with Gasteiger partial charge in [0.2, 0.25) is 7.28 Å². The molecular weight excluding hydrogens is 412 g/mol. The Bertz CT molecular complexity index is 588. The van der Waals surface area contributed by atoms with E-state index in [4.69, 9.17) is 0 Å². The lowest BCUT2D eigenvalue weighted by Gasteiger charge is -2.57. The van der Waals surface area contributed by atoms with Gasteiger partial charge >= 0.3 is 0 Å². The fourth-order valence-corrected chi connectivity index (χ4v) is 8.37. The number of carbonyl (C=O) groups is 1. The van der Waals surface area contributed by atoms with Crippen LogP contribution in [0, 0.1) is 11.3 Å². The Kier molecular flexibility index (Phi) is 10.4. The van der Waals surface area contributed by atoms with E-state index in [9.17, 15) is 4.79 Å². The molecule has 5 aliphatic rings. The zero-order chi connectivity index (χ0) is 23.7. The SMILES string of the molecule is C[B]C1CCCCCC(C23CCC(NC(=O)[B]C4CCCCCCCCC4)(CC2)CC3)CCC1. The molecule has 0 aliphatic heterocycles. The lowest BCUT2D eigenvalue weighted by molar-refractivity contribution is -0.0237. The highest BCUT2D eigenvalue weighted by atomic mass is 16.1. The zero-order valence-electron chi connectivity index (χ0n) is 22.6. The average molecular weight is 465 g/mol. The third-order valence-electron chi connectivity index (χ3n) is 10.8. The normalized spacial score (nSPS) is 36.9. The summed E-state index contributed by atoms with van der Waals surface area (Å²) in [6, 6.07) is 0. The third-order valence-corrected chi connectivity index (χ3v) is 10.8. The van der Waals surface area contributed by atoms with Crippen LogP contribution in [-0.4, -0.2) is 25.9 Å². The summed E-state index contributed by atoms with van der Waals surface area (Å²) in [6.07, 6.45) is 31.3. The number of fused-ring (bicyclic) bond motifs is 3. The number of amides is 1. The van der Waals surface area contributed by atoms with Crippen LogP contribution in [-0.2, 0) is 0 Å². The first kappa shape index (κ1) is 26.7. The summed E-state index contributed by atoms with van der Waals surface area (Å²) in [4.78, 5) is 13.1. The standard InChI is InChI=1S/C30H53B2NO/c1-31-26-15-11-7-8-13-25(14-12-18-26)29-19-22-30(23-20-29,24-21-29)33-28(34)32-27-16-9-5-3-2-4-6-10-17-27/h25-27H,2-24H2,1H3,(H,33,34). The highest BCUT2D eigenvalue weighted by Crippen LogP contribution is 2.58. The smallest absolute Gasteiger partial charge is 0.236 e. The van der Waals surface area contributed by atoms with Gasteiger partial charge in [0.15, 0.2) is 5.81 Å². The molecule has 5 saturated carbocycles. The topological polar surface area (TPSA) is 29.1 Å². The molecule has 34 heavy (non-hydrogen) atoms. The lowest BCUT2D eigenvalue weighted by atomic mass is 9.51. The highest BCUT2D eigenvalue weighted by molar-refractivity contribution is 6.74. The van der Waals surface area contributed by atoms with E-state index >= 15 is 0 Å². The zero-order valence-corrected chi connectivity index (χ0v) is 22.6. The molecule has 1 amide bonds. The van der Waals surface area contributed by atoms with Gasteiger partial charge < -0.3 is 5.32 Å². The van der Waals surface area contributed by atoms with E-state index in [0.717, 1.165) is 11.7 Å². The Morgan fingerprint density at radius 1 is 0.618 bits per heavy atom. The quantitative estimate of drug-likeness (QED) is 0.403. The van der Waals surface area contributed by atoms with Gasteiger partial charge in [0.1, 0.15) is 7.28 Å². The van der Waals surface area contributed by atoms with E-state index in [1.165, 1.54) is 148 Å². The van der Waals surface area contributed by atoms with Crippen molar-refractivity contribution in [2.24, 2.45) is 11.3 Å². The van der Waals surface area contributed by atoms with Crippen molar-refractivity contribution in [3.8, 4) is 0 Å². The van der Waals surface area contributed by atoms with Crippen molar-refractivity contribution in [2.75, 3.05) is 0 Å². The first-order valence-corrected chi connectivity index (χ1v) is 15.6. The Morgan fingerprint density at radius 2 is 1.09 bits per heavy atom. The molecule has 5 aliphatic carbocycles. The summed E-state index contributed by atoms with van der Waals surface area (Å²) >= 11 is 0. The average Bonchev–Trinajstić information content (AvgIpc) is 2.87. The van der Waals surface area contributed by atoms with Crippen LogP contribution in [0.5, 0.6) is 0 Å². The Labute approximate surface area is 213 Å². The minimum atomic E-state index is 0.115. The third kappa shape index (κ3) is 7.31. The maximum Gasteiger partial charge on any atom is 0.236 e. The van der Waals surface area contributed by atoms with Crippen LogP contribution in [0.2, 0.25) is 18.5 Å². The van der Waals surface area contributed by atoms with Crippen molar-refractivity contribution < 1.29 is 4.79 Å². The summed E-state index contributed by atoms with van der Waals surface area (Å²) in [5.41, 5.74) is 0.709. The van der Waals surface area contributed by atoms with Crippen molar-refractivity contribution in [3.63, 3.8) is 0 Å². The molecule has 0 aromatic rings. The second kappa shape index (κ2) is 13.2. The van der Waals surface area contributed by atoms with Crippen molar-refractivity contribution in [1.82, 2.24) is 5.32 Å². The molecule has 0 heterocycles. The van der Waals surface area contributed by atoms with Gasteiger partial charge in [-0.25, -0.2) is 0 Å². The number of carbonyl (C=O) groups excluding carboxylic acids is 1. The van der Waals surface area contributed by atoms with Crippen molar-refractivity contribution in [1.29, 1.82) is 0 Å². The van der Waals surface area contributed by atoms with E-state index < -0.39 is 0 Å². The molecule has 5 fully saturated rings. The van der Waals surface area contributed by atoms with Gasteiger partial charge in [0.05, 0.1) is 0 Å². The summed E-state index contributed by atoms with van der Waals surface area (Å²) < 4.78 is 0. The van der Waals surface area contributed by atoms with Crippen molar-refractivity contribution in [3.05, 3.63) is 0 Å². The monoisotopic (exact) mass is 465 g/mol. The maximum absolute atomic E-state index is 13.1. The van der Waals surface area contributed by atoms with Gasteiger partial charge in [-0.1, -0.05) is 115 Å². The predicted molar refractivity (Wildman–Crippen MR) is 148 cm³/mol. The number of rotatable bonds is 5. The molecule has 1 N–H and O–H groups in total. The predicted octanol–water partition coefficient (Wildman–Crippen LogP) is 9.10. The second-order valence-corrected chi connectivity index (χ2v) is 13.0.